The van der Waals surface area contributed by atoms with Crippen LogP contribution in [0.2, 0.25) is 0 Å². The minimum absolute atomic E-state index is 0.266. The molecule has 16 heavy (non-hydrogen) atoms. The summed E-state index contributed by atoms with van der Waals surface area (Å²) in [7, 11) is 3.81. The molecule has 0 aliphatic heterocycles. The predicted molar refractivity (Wildman–Crippen MR) is 67.6 cm³/mol. The van der Waals surface area contributed by atoms with Crippen molar-refractivity contribution < 1.29 is 9.84 Å². The molecule has 0 radical (unpaired) electrons. The van der Waals surface area contributed by atoms with Crippen molar-refractivity contribution >= 4 is 5.69 Å². The molecule has 1 aromatic rings. The highest BCUT2D eigenvalue weighted by molar-refractivity contribution is 5.69. The Bertz CT molecular complexity index is 348. The molecule has 3 heteroatoms. The van der Waals surface area contributed by atoms with Crippen LogP contribution in [0.1, 0.15) is 25.3 Å². The number of ether oxygens (including phenoxy) is 1. The Kier molecular flexibility index (Phi) is 4.47. The average molecular weight is 223 g/mol. The molecule has 0 aliphatic carbocycles. The van der Waals surface area contributed by atoms with Crippen molar-refractivity contribution in [1.29, 1.82) is 0 Å². The van der Waals surface area contributed by atoms with Crippen molar-refractivity contribution in [3.05, 3.63) is 17.7 Å². The van der Waals surface area contributed by atoms with Gasteiger partial charge in [0.05, 0.1) is 6.61 Å². The van der Waals surface area contributed by atoms with Crippen LogP contribution in [0.25, 0.3) is 0 Å². The molecule has 90 valence electrons. The van der Waals surface area contributed by atoms with E-state index in [1.54, 1.807) is 6.07 Å². The first-order chi connectivity index (χ1) is 7.57. The zero-order chi connectivity index (χ0) is 12.1. The molecule has 0 bridgehead atoms. The number of hydrogen-bond acceptors (Lipinski definition) is 3. The van der Waals surface area contributed by atoms with Gasteiger partial charge in [0.2, 0.25) is 0 Å². The molecule has 0 unspecified atom stereocenters. The summed E-state index contributed by atoms with van der Waals surface area (Å²) in [6, 6.07) is 3.58. The fourth-order valence-corrected chi connectivity index (χ4v) is 1.59. The van der Waals surface area contributed by atoms with Crippen molar-refractivity contribution in [2.24, 2.45) is 0 Å². The summed E-state index contributed by atoms with van der Waals surface area (Å²) in [5.74, 6) is 1.06. The molecule has 0 amide bonds. The smallest absolute Gasteiger partial charge is 0.149 e. The molecule has 0 aliphatic rings. The first-order valence-corrected chi connectivity index (χ1v) is 5.70. The second-order valence-corrected chi connectivity index (χ2v) is 4.18. The zero-order valence-corrected chi connectivity index (χ0v) is 10.6. The van der Waals surface area contributed by atoms with E-state index in [0.29, 0.717) is 6.61 Å². The van der Waals surface area contributed by atoms with Crippen LogP contribution in [0.15, 0.2) is 12.1 Å². The number of rotatable bonds is 5. The van der Waals surface area contributed by atoms with Crippen LogP contribution in [0.5, 0.6) is 11.5 Å². The molecule has 1 rings (SSSR count). The van der Waals surface area contributed by atoms with E-state index in [4.69, 9.17) is 4.74 Å². The fourth-order valence-electron chi connectivity index (χ4n) is 1.59. The topological polar surface area (TPSA) is 32.7 Å². The van der Waals surface area contributed by atoms with Crippen molar-refractivity contribution in [1.82, 2.24) is 0 Å². The van der Waals surface area contributed by atoms with Gasteiger partial charge in [0, 0.05) is 14.1 Å². The number of benzene rings is 1. The van der Waals surface area contributed by atoms with Gasteiger partial charge in [0.15, 0.2) is 0 Å². The second kappa shape index (κ2) is 5.64. The van der Waals surface area contributed by atoms with E-state index < -0.39 is 0 Å². The normalized spacial score (nSPS) is 10.2. The Hall–Kier alpha value is -1.38. The maximum absolute atomic E-state index is 9.82. The fraction of sp³-hybridized carbons (Fsp3) is 0.538. The summed E-state index contributed by atoms with van der Waals surface area (Å²) >= 11 is 0. The largest absolute Gasteiger partial charge is 0.506 e. The van der Waals surface area contributed by atoms with Crippen molar-refractivity contribution in [2.75, 3.05) is 25.6 Å². The Morgan fingerprint density at radius 3 is 2.56 bits per heavy atom. The van der Waals surface area contributed by atoms with Gasteiger partial charge in [-0.15, -0.1) is 0 Å². The lowest BCUT2D eigenvalue weighted by molar-refractivity contribution is 0.306. The molecule has 0 saturated heterocycles. The van der Waals surface area contributed by atoms with Gasteiger partial charge >= 0.3 is 0 Å². The Morgan fingerprint density at radius 1 is 1.31 bits per heavy atom. The molecule has 0 saturated carbocycles. The summed E-state index contributed by atoms with van der Waals surface area (Å²) < 4.78 is 5.75. The first-order valence-electron chi connectivity index (χ1n) is 5.70. The molecule has 0 atom stereocenters. The van der Waals surface area contributed by atoms with Gasteiger partial charge in [-0.05, 0) is 25.0 Å². The van der Waals surface area contributed by atoms with Gasteiger partial charge < -0.3 is 14.7 Å². The molecule has 1 N–H and O–H groups in total. The standard InChI is InChI=1S/C13H21NO2/c1-5-6-9-16-13-10(2)7-8-11(15)12(13)14(3)4/h7-8,15H,5-6,9H2,1-4H3. The molecular formula is C13H21NO2. The van der Waals surface area contributed by atoms with Gasteiger partial charge in [-0.1, -0.05) is 19.4 Å². The molecule has 0 spiro atoms. The minimum atomic E-state index is 0.266. The van der Waals surface area contributed by atoms with Crippen molar-refractivity contribution in [3.8, 4) is 11.5 Å². The van der Waals surface area contributed by atoms with Crippen LogP contribution < -0.4 is 9.64 Å². The number of nitrogens with zero attached hydrogens (tertiary/aromatic N) is 1. The number of anilines is 1. The lowest BCUT2D eigenvalue weighted by Crippen LogP contribution is -2.12. The third-order valence-corrected chi connectivity index (χ3v) is 2.50. The Balaban J connectivity index is 2.98. The van der Waals surface area contributed by atoms with Gasteiger partial charge in [0.25, 0.3) is 0 Å². The highest BCUT2D eigenvalue weighted by Gasteiger charge is 2.13. The van der Waals surface area contributed by atoms with E-state index in [-0.39, 0.29) is 5.75 Å². The van der Waals surface area contributed by atoms with Crippen molar-refractivity contribution in [3.63, 3.8) is 0 Å². The first kappa shape index (κ1) is 12.7. The van der Waals surface area contributed by atoms with E-state index in [2.05, 4.69) is 6.92 Å². The van der Waals surface area contributed by atoms with Crippen LogP contribution in [0.4, 0.5) is 5.69 Å². The van der Waals surface area contributed by atoms with E-state index in [1.165, 1.54) is 0 Å². The lowest BCUT2D eigenvalue weighted by Gasteiger charge is -2.20. The maximum Gasteiger partial charge on any atom is 0.149 e. The van der Waals surface area contributed by atoms with Gasteiger partial charge in [0.1, 0.15) is 17.2 Å². The van der Waals surface area contributed by atoms with Crippen LogP contribution in [-0.4, -0.2) is 25.8 Å². The second-order valence-electron chi connectivity index (χ2n) is 4.18. The monoisotopic (exact) mass is 223 g/mol. The molecule has 1 aromatic carbocycles. The van der Waals surface area contributed by atoms with Crippen LogP contribution >= 0.6 is 0 Å². The summed E-state index contributed by atoms with van der Waals surface area (Å²) in [5, 5.41) is 9.82. The number of unbranched alkanes of at least 4 members (excludes halogenated alkanes) is 1. The third-order valence-electron chi connectivity index (χ3n) is 2.50. The number of aryl methyl sites for hydroxylation is 1. The molecule has 0 fully saturated rings. The van der Waals surface area contributed by atoms with E-state index in [9.17, 15) is 5.11 Å². The minimum Gasteiger partial charge on any atom is -0.506 e. The van der Waals surface area contributed by atoms with Gasteiger partial charge in [-0.2, -0.15) is 0 Å². The van der Waals surface area contributed by atoms with Crippen LogP contribution in [-0.2, 0) is 0 Å². The maximum atomic E-state index is 9.82. The molecule has 0 aromatic heterocycles. The number of aromatic hydroxyl groups is 1. The lowest BCUT2D eigenvalue weighted by atomic mass is 10.1. The molecule has 3 nitrogen and oxygen atoms in total. The third kappa shape index (κ3) is 2.81. The number of phenols is 1. The van der Waals surface area contributed by atoms with E-state index >= 15 is 0 Å². The predicted octanol–water partition coefficient (Wildman–Crippen LogP) is 2.95. The number of hydrogen-bond donors (Lipinski definition) is 1. The summed E-state index contributed by atoms with van der Waals surface area (Å²) in [5.41, 5.74) is 1.81. The highest BCUT2D eigenvalue weighted by atomic mass is 16.5. The van der Waals surface area contributed by atoms with E-state index in [1.807, 2.05) is 32.0 Å². The average Bonchev–Trinajstić information content (AvgIpc) is 2.23. The van der Waals surface area contributed by atoms with Crippen LogP contribution in [0, 0.1) is 6.92 Å². The zero-order valence-electron chi connectivity index (χ0n) is 10.6. The van der Waals surface area contributed by atoms with Crippen molar-refractivity contribution in [2.45, 2.75) is 26.7 Å². The molecule has 0 heterocycles. The molecular weight excluding hydrogens is 202 g/mol. The Labute approximate surface area is 97.7 Å². The van der Waals surface area contributed by atoms with Gasteiger partial charge in [-0.25, -0.2) is 0 Å². The van der Waals surface area contributed by atoms with Gasteiger partial charge in [-0.3, -0.25) is 0 Å². The van der Waals surface area contributed by atoms with E-state index in [0.717, 1.165) is 29.8 Å². The summed E-state index contributed by atoms with van der Waals surface area (Å²) in [4.78, 5) is 1.88. The quantitative estimate of drug-likeness (QED) is 0.779. The SMILES string of the molecule is CCCCOc1c(C)ccc(O)c1N(C)C. The Morgan fingerprint density at radius 2 is 2.00 bits per heavy atom. The van der Waals surface area contributed by atoms with Crippen LogP contribution in [0.3, 0.4) is 0 Å². The summed E-state index contributed by atoms with van der Waals surface area (Å²) in [6.45, 7) is 4.82. The number of phenolic OH excluding ortho intramolecular Hbond substituents is 1. The summed E-state index contributed by atoms with van der Waals surface area (Å²) in [6.07, 6.45) is 2.14. The highest BCUT2D eigenvalue weighted by Crippen LogP contribution is 2.38.